The first-order valence-corrected chi connectivity index (χ1v) is 6.12. The van der Waals surface area contributed by atoms with Gasteiger partial charge in [0.1, 0.15) is 5.82 Å². The van der Waals surface area contributed by atoms with Crippen molar-refractivity contribution in [1.29, 1.82) is 0 Å². The van der Waals surface area contributed by atoms with E-state index in [-0.39, 0.29) is 18.1 Å². The highest BCUT2D eigenvalue weighted by Gasteiger charge is 2.31. The minimum Gasteiger partial charge on any atom is -0.384 e. The number of likely N-dealkylation sites (N-methyl/N-ethyl adjacent to an activating group) is 1. The van der Waals surface area contributed by atoms with E-state index < -0.39 is 0 Å². The predicted octanol–water partition coefficient (Wildman–Crippen LogP) is 1.22. The molecule has 0 saturated carbocycles. The molecule has 2 heterocycles. The van der Waals surface area contributed by atoms with Gasteiger partial charge in [-0.3, -0.25) is 4.79 Å². The molecule has 1 amide bonds. The first-order chi connectivity index (χ1) is 8.49. The molecular weight excluding hydrogens is 230 g/mol. The maximum atomic E-state index is 12.4. The molecule has 5 heteroatoms. The number of aromatic nitrogens is 1. The van der Waals surface area contributed by atoms with Gasteiger partial charge >= 0.3 is 0 Å². The molecule has 98 valence electrons. The van der Waals surface area contributed by atoms with E-state index in [1.807, 2.05) is 20.9 Å². The fourth-order valence-corrected chi connectivity index (χ4v) is 2.40. The van der Waals surface area contributed by atoms with Gasteiger partial charge in [0.25, 0.3) is 5.91 Å². The van der Waals surface area contributed by atoms with Crippen LogP contribution in [0.1, 0.15) is 29.4 Å². The molecule has 1 saturated heterocycles. The van der Waals surface area contributed by atoms with Crippen LogP contribution in [0.4, 0.5) is 5.82 Å². The fourth-order valence-electron chi connectivity index (χ4n) is 2.40. The van der Waals surface area contributed by atoms with E-state index in [4.69, 9.17) is 10.5 Å². The Hall–Kier alpha value is -1.62. The molecule has 2 rings (SSSR count). The number of anilines is 1. The summed E-state index contributed by atoms with van der Waals surface area (Å²) in [5.41, 5.74) is 7.01. The summed E-state index contributed by atoms with van der Waals surface area (Å²) in [6.07, 6.45) is 0.961. The Morgan fingerprint density at radius 3 is 2.83 bits per heavy atom. The lowest BCUT2D eigenvalue weighted by molar-refractivity contribution is 0.0574. The molecule has 1 aliphatic rings. The van der Waals surface area contributed by atoms with E-state index in [9.17, 15) is 4.79 Å². The standard InChI is InChI=1S/C13H19N3O2/c1-8-6-10(7-12(14)15-8)13(17)16(3)11-4-5-18-9(11)2/h6-7,9,11H,4-5H2,1-3H3,(H2,14,15). The molecule has 1 aromatic heterocycles. The number of carbonyl (C=O) groups excluding carboxylic acids is 1. The SMILES string of the molecule is Cc1cc(C(=O)N(C)C2CCOC2C)cc(N)n1. The quantitative estimate of drug-likeness (QED) is 0.855. The van der Waals surface area contributed by atoms with E-state index in [0.29, 0.717) is 18.0 Å². The molecule has 2 atom stereocenters. The Morgan fingerprint density at radius 1 is 1.56 bits per heavy atom. The van der Waals surface area contributed by atoms with Crippen molar-refractivity contribution in [3.8, 4) is 0 Å². The lowest BCUT2D eigenvalue weighted by atomic mass is 10.1. The number of carbonyl (C=O) groups is 1. The summed E-state index contributed by atoms with van der Waals surface area (Å²) in [5.74, 6) is 0.344. The molecule has 0 radical (unpaired) electrons. The van der Waals surface area contributed by atoms with Crippen molar-refractivity contribution in [2.75, 3.05) is 19.4 Å². The summed E-state index contributed by atoms with van der Waals surface area (Å²) >= 11 is 0. The summed E-state index contributed by atoms with van der Waals surface area (Å²) in [6.45, 7) is 4.53. The van der Waals surface area contributed by atoms with Gasteiger partial charge in [-0.1, -0.05) is 0 Å². The van der Waals surface area contributed by atoms with Crippen molar-refractivity contribution in [2.24, 2.45) is 0 Å². The molecule has 2 N–H and O–H groups in total. The summed E-state index contributed by atoms with van der Waals surface area (Å²) in [5, 5.41) is 0. The molecular formula is C13H19N3O2. The third-order valence-electron chi connectivity index (χ3n) is 3.37. The highest BCUT2D eigenvalue weighted by Crippen LogP contribution is 2.20. The zero-order valence-corrected chi connectivity index (χ0v) is 11.0. The topological polar surface area (TPSA) is 68.5 Å². The van der Waals surface area contributed by atoms with Crippen LogP contribution in [0.3, 0.4) is 0 Å². The van der Waals surface area contributed by atoms with Gasteiger partial charge in [-0.15, -0.1) is 0 Å². The average molecular weight is 249 g/mol. The van der Waals surface area contributed by atoms with Crippen LogP contribution in [0.2, 0.25) is 0 Å². The summed E-state index contributed by atoms with van der Waals surface area (Å²) in [7, 11) is 1.81. The van der Waals surface area contributed by atoms with Gasteiger partial charge in [-0.05, 0) is 32.4 Å². The Balaban J connectivity index is 2.19. The van der Waals surface area contributed by atoms with Gasteiger partial charge in [-0.25, -0.2) is 4.98 Å². The van der Waals surface area contributed by atoms with Crippen molar-refractivity contribution in [3.05, 3.63) is 23.4 Å². The van der Waals surface area contributed by atoms with Crippen LogP contribution in [-0.4, -0.2) is 41.6 Å². The third-order valence-corrected chi connectivity index (χ3v) is 3.37. The van der Waals surface area contributed by atoms with E-state index in [1.54, 1.807) is 17.0 Å². The lowest BCUT2D eigenvalue weighted by Gasteiger charge is -2.27. The minimum atomic E-state index is -0.0328. The molecule has 0 aromatic carbocycles. The predicted molar refractivity (Wildman–Crippen MR) is 69.3 cm³/mol. The highest BCUT2D eigenvalue weighted by atomic mass is 16.5. The number of nitrogen functional groups attached to an aromatic ring is 1. The monoisotopic (exact) mass is 249 g/mol. The molecule has 18 heavy (non-hydrogen) atoms. The minimum absolute atomic E-state index is 0.0328. The molecule has 0 bridgehead atoms. The second kappa shape index (κ2) is 4.94. The molecule has 5 nitrogen and oxygen atoms in total. The number of pyridine rings is 1. The van der Waals surface area contributed by atoms with Crippen molar-refractivity contribution in [3.63, 3.8) is 0 Å². The number of nitrogens with two attached hydrogens (primary N) is 1. The smallest absolute Gasteiger partial charge is 0.254 e. The Bertz CT molecular complexity index is 441. The normalized spacial score (nSPS) is 23.1. The largest absolute Gasteiger partial charge is 0.384 e. The zero-order chi connectivity index (χ0) is 13.3. The van der Waals surface area contributed by atoms with Gasteiger partial charge in [0.15, 0.2) is 0 Å². The molecule has 2 unspecified atom stereocenters. The average Bonchev–Trinajstić information content (AvgIpc) is 2.72. The molecule has 1 aromatic rings. The van der Waals surface area contributed by atoms with Crippen LogP contribution in [0.5, 0.6) is 0 Å². The van der Waals surface area contributed by atoms with E-state index >= 15 is 0 Å². The van der Waals surface area contributed by atoms with Gasteiger partial charge in [-0.2, -0.15) is 0 Å². The van der Waals surface area contributed by atoms with Crippen LogP contribution in [0, 0.1) is 6.92 Å². The van der Waals surface area contributed by atoms with Gasteiger partial charge in [0, 0.05) is 24.9 Å². The number of aryl methyl sites for hydroxylation is 1. The second-order valence-corrected chi connectivity index (χ2v) is 4.77. The number of rotatable bonds is 2. The van der Waals surface area contributed by atoms with Crippen molar-refractivity contribution < 1.29 is 9.53 Å². The van der Waals surface area contributed by atoms with E-state index in [1.165, 1.54) is 0 Å². The Kier molecular flexibility index (Phi) is 3.52. The summed E-state index contributed by atoms with van der Waals surface area (Å²) in [6, 6.07) is 3.51. The molecule has 0 aliphatic carbocycles. The van der Waals surface area contributed by atoms with Crippen molar-refractivity contribution in [2.45, 2.75) is 32.4 Å². The first kappa shape index (κ1) is 12.8. The van der Waals surface area contributed by atoms with Crippen molar-refractivity contribution in [1.82, 2.24) is 9.88 Å². The number of amides is 1. The number of hydrogen-bond donors (Lipinski definition) is 1. The molecule has 0 spiro atoms. The maximum absolute atomic E-state index is 12.4. The highest BCUT2D eigenvalue weighted by molar-refractivity contribution is 5.95. The lowest BCUT2D eigenvalue weighted by Crippen LogP contribution is -2.41. The van der Waals surface area contributed by atoms with Gasteiger partial charge in [0.05, 0.1) is 12.1 Å². The fraction of sp³-hybridized carbons (Fsp3) is 0.538. The van der Waals surface area contributed by atoms with Gasteiger partial charge < -0.3 is 15.4 Å². The van der Waals surface area contributed by atoms with E-state index in [2.05, 4.69) is 4.98 Å². The van der Waals surface area contributed by atoms with Crippen LogP contribution < -0.4 is 5.73 Å². The van der Waals surface area contributed by atoms with E-state index in [0.717, 1.165) is 12.1 Å². The summed E-state index contributed by atoms with van der Waals surface area (Å²) in [4.78, 5) is 18.2. The molecule has 1 fully saturated rings. The number of ether oxygens (including phenoxy) is 1. The van der Waals surface area contributed by atoms with Crippen LogP contribution in [0.15, 0.2) is 12.1 Å². The van der Waals surface area contributed by atoms with Crippen LogP contribution in [-0.2, 0) is 4.74 Å². The number of nitrogens with zero attached hydrogens (tertiary/aromatic N) is 2. The Labute approximate surface area is 107 Å². The van der Waals surface area contributed by atoms with Crippen LogP contribution in [0.25, 0.3) is 0 Å². The first-order valence-electron chi connectivity index (χ1n) is 6.12. The summed E-state index contributed by atoms with van der Waals surface area (Å²) < 4.78 is 5.49. The zero-order valence-electron chi connectivity index (χ0n) is 11.0. The van der Waals surface area contributed by atoms with Crippen LogP contribution >= 0.6 is 0 Å². The molecule has 1 aliphatic heterocycles. The maximum Gasteiger partial charge on any atom is 0.254 e. The Morgan fingerprint density at radius 2 is 2.28 bits per heavy atom. The second-order valence-electron chi connectivity index (χ2n) is 4.77. The van der Waals surface area contributed by atoms with Gasteiger partial charge in [0.2, 0.25) is 0 Å². The third kappa shape index (κ3) is 2.46. The van der Waals surface area contributed by atoms with Crippen molar-refractivity contribution >= 4 is 11.7 Å². The number of hydrogen-bond acceptors (Lipinski definition) is 4.